The van der Waals surface area contributed by atoms with Gasteiger partial charge >= 0.3 is 0 Å². The third-order valence-electron chi connectivity index (χ3n) is 4.57. The molecule has 4 rings (SSSR count). The average molecular weight is 361 g/mol. The monoisotopic (exact) mass is 361 g/mol. The molecule has 0 radical (unpaired) electrons. The van der Waals surface area contributed by atoms with Gasteiger partial charge < -0.3 is 4.57 Å². The molecule has 0 N–H and O–H groups in total. The molecule has 27 heavy (non-hydrogen) atoms. The van der Waals surface area contributed by atoms with Crippen molar-refractivity contribution < 1.29 is 4.92 Å². The van der Waals surface area contributed by atoms with Crippen molar-refractivity contribution in [2.75, 3.05) is 0 Å². The average Bonchev–Trinajstić information content (AvgIpc) is 2.94. The molecule has 0 amide bonds. The van der Waals surface area contributed by atoms with E-state index in [0.717, 1.165) is 5.69 Å². The molecule has 134 valence electrons. The van der Waals surface area contributed by atoms with E-state index >= 15 is 0 Å². The van der Waals surface area contributed by atoms with E-state index in [0.29, 0.717) is 28.0 Å². The van der Waals surface area contributed by atoms with Crippen LogP contribution in [0, 0.1) is 24.0 Å². The van der Waals surface area contributed by atoms with Crippen molar-refractivity contribution in [3.05, 3.63) is 86.7 Å². The first-order valence-corrected chi connectivity index (χ1v) is 8.25. The standard InChI is InChI=1S/C19H15N5O3/c1-12-16-11-21-23(17-8-3-4-9-20-17)19(25)18(16)13(2)22(12)14-6-5-7-15(10-14)24(26)27/h3-11H,1-2H3. The van der Waals surface area contributed by atoms with Crippen LogP contribution < -0.4 is 5.56 Å². The Morgan fingerprint density at radius 1 is 1.07 bits per heavy atom. The second-order valence-corrected chi connectivity index (χ2v) is 6.12. The first-order valence-electron chi connectivity index (χ1n) is 8.25. The van der Waals surface area contributed by atoms with Crippen molar-refractivity contribution in [3.8, 4) is 11.5 Å². The molecule has 0 aliphatic heterocycles. The van der Waals surface area contributed by atoms with Crippen molar-refractivity contribution >= 4 is 16.5 Å². The molecule has 0 spiro atoms. The van der Waals surface area contributed by atoms with Crippen molar-refractivity contribution in [3.63, 3.8) is 0 Å². The zero-order chi connectivity index (χ0) is 19.1. The fourth-order valence-electron chi connectivity index (χ4n) is 3.34. The summed E-state index contributed by atoms with van der Waals surface area (Å²) in [5, 5.41) is 16.6. The van der Waals surface area contributed by atoms with Crippen LogP contribution in [0.4, 0.5) is 5.69 Å². The lowest BCUT2D eigenvalue weighted by Gasteiger charge is -2.08. The van der Waals surface area contributed by atoms with Gasteiger partial charge in [-0.25, -0.2) is 4.98 Å². The molecule has 8 nitrogen and oxygen atoms in total. The molecule has 0 saturated heterocycles. The molecular weight excluding hydrogens is 346 g/mol. The molecule has 4 aromatic rings. The van der Waals surface area contributed by atoms with Crippen LogP contribution in [0.15, 0.2) is 59.7 Å². The van der Waals surface area contributed by atoms with E-state index in [1.54, 1.807) is 42.7 Å². The van der Waals surface area contributed by atoms with E-state index in [-0.39, 0.29) is 11.2 Å². The number of non-ortho nitro benzene ring substituents is 1. The Morgan fingerprint density at radius 3 is 2.59 bits per heavy atom. The maximum Gasteiger partial charge on any atom is 0.282 e. The zero-order valence-electron chi connectivity index (χ0n) is 14.7. The highest BCUT2D eigenvalue weighted by molar-refractivity contribution is 5.88. The van der Waals surface area contributed by atoms with Gasteiger partial charge in [0.05, 0.1) is 22.2 Å². The Kier molecular flexibility index (Phi) is 3.80. The largest absolute Gasteiger partial charge is 0.317 e. The van der Waals surface area contributed by atoms with Crippen LogP contribution in [0.5, 0.6) is 0 Å². The van der Waals surface area contributed by atoms with Crippen LogP contribution in [0.1, 0.15) is 11.4 Å². The number of nitro benzene ring substituents is 1. The number of aromatic nitrogens is 4. The van der Waals surface area contributed by atoms with Crippen LogP contribution in [0.25, 0.3) is 22.3 Å². The minimum Gasteiger partial charge on any atom is -0.317 e. The van der Waals surface area contributed by atoms with Gasteiger partial charge in [-0.3, -0.25) is 14.9 Å². The number of hydrogen-bond acceptors (Lipinski definition) is 5. The van der Waals surface area contributed by atoms with Crippen LogP contribution in [-0.2, 0) is 0 Å². The number of fused-ring (bicyclic) bond motifs is 1. The topological polar surface area (TPSA) is 95.8 Å². The third kappa shape index (κ3) is 2.58. The number of pyridine rings is 1. The summed E-state index contributed by atoms with van der Waals surface area (Å²) in [5.41, 5.74) is 1.82. The second kappa shape index (κ2) is 6.17. The van der Waals surface area contributed by atoms with E-state index in [9.17, 15) is 14.9 Å². The van der Waals surface area contributed by atoms with Crippen LogP contribution in [0.2, 0.25) is 0 Å². The van der Waals surface area contributed by atoms with Gasteiger partial charge in [0.25, 0.3) is 11.2 Å². The van der Waals surface area contributed by atoms with Crippen molar-refractivity contribution in [2.24, 2.45) is 0 Å². The molecule has 0 aliphatic rings. The summed E-state index contributed by atoms with van der Waals surface area (Å²) < 4.78 is 3.09. The third-order valence-corrected chi connectivity index (χ3v) is 4.57. The van der Waals surface area contributed by atoms with Crippen LogP contribution in [-0.4, -0.2) is 24.3 Å². The molecule has 3 heterocycles. The summed E-state index contributed by atoms with van der Waals surface area (Å²) in [6.45, 7) is 3.68. The molecular formula is C19H15N5O3. The van der Waals surface area contributed by atoms with Gasteiger partial charge in [-0.15, -0.1) is 0 Å². The zero-order valence-corrected chi connectivity index (χ0v) is 14.7. The first kappa shape index (κ1) is 16.6. The number of nitro groups is 1. The summed E-state index contributed by atoms with van der Waals surface area (Å²) in [5.74, 6) is 0.435. The fraction of sp³-hybridized carbons (Fsp3) is 0.105. The predicted octanol–water partition coefficient (Wildman–Crippen LogP) is 3.10. The highest BCUT2D eigenvalue weighted by Gasteiger charge is 2.19. The minimum absolute atomic E-state index is 0.00641. The quantitative estimate of drug-likeness (QED) is 0.413. The van der Waals surface area contributed by atoms with Crippen molar-refractivity contribution in [1.29, 1.82) is 0 Å². The molecule has 0 bridgehead atoms. The van der Waals surface area contributed by atoms with Gasteiger partial charge in [-0.2, -0.15) is 9.78 Å². The molecule has 3 aromatic heterocycles. The molecule has 0 atom stereocenters. The summed E-state index contributed by atoms with van der Waals surface area (Å²) in [4.78, 5) is 27.9. The first-order chi connectivity index (χ1) is 13.0. The smallest absolute Gasteiger partial charge is 0.282 e. The number of nitrogens with zero attached hydrogens (tertiary/aromatic N) is 5. The molecule has 1 aromatic carbocycles. The fourth-order valence-corrected chi connectivity index (χ4v) is 3.34. The van der Waals surface area contributed by atoms with E-state index in [4.69, 9.17) is 0 Å². The number of rotatable bonds is 3. The van der Waals surface area contributed by atoms with E-state index in [2.05, 4.69) is 10.1 Å². The highest BCUT2D eigenvalue weighted by atomic mass is 16.6. The van der Waals surface area contributed by atoms with E-state index in [1.807, 2.05) is 18.4 Å². The Bertz CT molecular complexity index is 1240. The lowest BCUT2D eigenvalue weighted by molar-refractivity contribution is -0.384. The van der Waals surface area contributed by atoms with Gasteiger partial charge in [-0.05, 0) is 32.0 Å². The van der Waals surface area contributed by atoms with Gasteiger partial charge in [0, 0.05) is 35.1 Å². The normalized spacial score (nSPS) is 11.0. The van der Waals surface area contributed by atoms with Gasteiger partial charge in [-0.1, -0.05) is 12.1 Å². The molecule has 0 aliphatic carbocycles. The predicted molar refractivity (Wildman–Crippen MR) is 101 cm³/mol. The Morgan fingerprint density at radius 2 is 1.89 bits per heavy atom. The number of benzene rings is 1. The Balaban J connectivity index is 2.00. The van der Waals surface area contributed by atoms with Gasteiger partial charge in [0.1, 0.15) is 0 Å². The summed E-state index contributed by atoms with van der Waals surface area (Å²) >= 11 is 0. The highest BCUT2D eigenvalue weighted by Crippen LogP contribution is 2.27. The molecule has 0 saturated carbocycles. The Hall–Kier alpha value is -3.81. The summed E-state index contributed by atoms with van der Waals surface area (Å²) in [6, 6.07) is 11.6. The van der Waals surface area contributed by atoms with Crippen molar-refractivity contribution in [2.45, 2.75) is 13.8 Å². The van der Waals surface area contributed by atoms with Gasteiger partial charge in [0.15, 0.2) is 5.82 Å². The molecule has 0 unspecified atom stereocenters. The SMILES string of the molecule is Cc1c2cnn(-c3ccccn3)c(=O)c2c(C)n1-c1cccc([N+](=O)[O-])c1. The van der Waals surface area contributed by atoms with E-state index in [1.165, 1.54) is 16.8 Å². The molecule has 0 fully saturated rings. The van der Waals surface area contributed by atoms with Crippen molar-refractivity contribution in [1.82, 2.24) is 19.3 Å². The van der Waals surface area contributed by atoms with E-state index < -0.39 is 4.92 Å². The summed E-state index contributed by atoms with van der Waals surface area (Å²) in [7, 11) is 0. The maximum absolute atomic E-state index is 13.1. The second-order valence-electron chi connectivity index (χ2n) is 6.12. The minimum atomic E-state index is -0.438. The molecule has 8 heteroatoms. The Labute approximate surface area is 153 Å². The maximum atomic E-state index is 13.1. The lowest BCUT2D eigenvalue weighted by atomic mass is 10.2. The number of aryl methyl sites for hydroxylation is 2. The van der Waals surface area contributed by atoms with Crippen LogP contribution >= 0.6 is 0 Å². The number of hydrogen-bond donors (Lipinski definition) is 0. The van der Waals surface area contributed by atoms with Gasteiger partial charge in [0.2, 0.25) is 0 Å². The van der Waals surface area contributed by atoms with Crippen LogP contribution in [0.3, 0.4) is 0 Å². The lowest BCUT2D eigenvalue weighted by Crippen LogP contribution is -2.21. The summed E-state index contributed by atoms with van der Waals surface area (Å²) in [6.07, 6.45) is 3.22.